The van der Waals surface area contributed by atoms with Gasteiger partial charge in [0.2, 0.25) is 0 Å². The van der Waals surface area contributed by atoms with Crippen molar-refractivity contribution in [2.24, 2.45) is 0 Å². The van der Waals surface area contributed by atoms with Crippen LogP contribution in [-0.2, 0) is 9.53 Å². The molecule has 0 heterocycles. The highest BCUT2D eigenvalue weighted by molar-refractivity contribution is 14.1. The van der Waals surface area contributed by atoms with Gasteiger partial charge in [0, 0.05) is 3.57 Å². The van der Waals surface area contributed by atoms with Gasteiger partial charge in [-0.1, -0.05) is 0 Å². The summed E-state index contributed by atoms with van der Waals surface area (Å²) in [7, 11) is 0. The molecule has 7 heteroatoms. The van der Waals surface area contributed by atoms with Crippen LogP contribution in [0.2, 0.25) is 0 Å². The van der Waals surface area contributed by atoms with Crippen molar-refractivity contribution >= 4 is 28.6 Å². The Labute approximate surface area is 110 Å². The molecule has 0 aliphatic rings. The van der Waals surface area contributed by atoms with Crippen molar-refractivity contribution in [2.45, 2.75) is 6.11 Å². The van der Waals surface area contributed by atoms with Crippen molar-refractivity contribution in [1.82, 2.24) is 0 Å². The van der Waals surface area contributed by atoms with E-state index in [0.29, 0.717) is 5.75 Å². The summed E-state index contributed by atoms with van der Waals surface area (Å²) in [5, 5.41) is 8.07. The lowest BCUT2D eigenvalue weighted by Gasteiger charge is -2.12. The molecule has 1 N–H and O–H groups in total. The van der Waals surface area contributed by atoms with E-state index in [0.717, 1.165) is 3.57 Å². The maximum atomic E-state index is 12.4. The summed E-state index contributed by atoms with van der Waals surface area (Å²) in [6, 6.07) is 6.94. The zero-order valence-corrected chi connectivity index (χ0v) is 10.7. The average Bonchev–Trinajstić information content (AvgIpc) is 2.26. The third-order valence-corrected chi connectivity index (χ3v) is 2.42. The van der Waals surface area contributed by atoms with Crippen molar-refractivity contribution < 1.29 is 28.2 Å². The molecule has 1 aromatic carbocycles. The predicted molar refractivity (Wildman–Crippen MR) is 63.2 cm³/mol. The van der Waals surface area contributed by atoms with E-state index in [1.807, 2.05) is 0 Å². The highest BCUT2D eigenvalue weighted by Crippen LogP contribution is 2.16. The summed E-state index contributed by atoms with van der Waals surface area (Å²) in [6.07, 6.45) is -4.17. The third kappa shape index (κ3) is 4.82. The van der Waals surface area contributed by atoms with E-state index in [1.165, 1.54) is 0 Å². The summed E-state index contributed by atoms with van der Waals surface area (Å²) in [5.41, 5.74) is 0. The number of alkyl halides is 2. The van der Waals surface area contributed by atoms with Crippen LogP contribution < -0.4 is 4.74 Å². The van der Waals surface area contributed by atoms with Crippen LogP contribution in [0.3, 0.4) is 0 Å². The molecule has 0 aromatic heterocycles. The lowest BCUT2D eigenvalue weighted by atomic mass is 10.3. The highest BCUT2D eigenvalue weighted by atomic mass is 127. The van der Waals surface area contributed by atoms with Crippen LogP contribution in [0.1, 0.15) is 0 Å². The second kappa shape index (κ2) is 6.10. The monoisotopic (exact) mass is 358 g/mol. The van der Waals surface area contributed by atoms with Crippen molar-refractivity contribution in [3.63, 3.8) is 0 Å². The molecule has 0 saturated carbocycles. The molecule has 1 rings (SSSR count). The molecule has 0 saturated heterocycles. The zero-order chi connectivity index (χ0) is 12.9. The second-order valence-corrected chi connectivity index (χ2v) is 4.22. The van der Waals surface area contributed by atoms with E-state index in [-0.39, 0.29) is 6.61 Å². The number of hydrogen-bond donors (Lipinski definition) is 1. The molecule has 0 amide bonds. The van der Waals surface area contributed by atoms with Crippen molar-refractivity contribution in [3.05, 3.63) is 27.8 Å². The van der Waals surface area contributed by atoms with Gasteiger partial charge in [0.25, 0.3) is 0 Å². The van der Waals surface area contributed by atoms with Gasteiger partial charge in [-0.15, -0.1) is 0 Å². The Balaban J connectivity index is 2.29. The van der Waals surface area contributed by atoms with E-state index >= 15 is 0 Å². The molecule has 0 aliphatic carbocycles. The maximum Gasteiger partial charge on any atom is 0.456 e. The van der Waals surface area contributed by atoms with Gasteiger partial charge < -0.3 is 14.6 Å². The van der Waals surface area contributed by atoms with Crippen molar-refractivity contribution in [1.29, 1.82) is 0 Å². The normalized spacial score (nSPS) is 11.2. The van der Waals surface area contributed by atoms with Crippen molar-refractivity contribution in [2.75, 3.05) is 13.2 Å². The number of carbonyl (C=O) groups is 1. The Hall–Kier alpha value is -0.960. The fraction of sp³-hybridized carbons (Fsp3) is 0.300. The van der Waals surface area contributed by atoms with Crippen LogP contribution in [-0.4, -0.2) is 30.4 Å². The lowest BCUT2D eigenvalue weighted by Crippen LogP contribution is -2.33. The van der Waals surface area contributed by atoms with Gasteiger partial charge in [-0.05, 0) is 46.9 Å². The molecule has 0 spiro atoms. The first-order chi connectivity index (χ1) is 7.92. The molecule has 0 aliphatic heterocycles. The molecular formula is C10H9F2IO4. The fourth-order valence-electron chi connectivity index (χ4n) is 0.922. The highest BCUT2D eigenvalue weighted by Gasteiger charge is 2.40. The van der Waals surface area contributed by atoms with E-state index in [4.69, 9.17) is 9.84 Å². The lowest BCUT2D eigenvalue weighted by molar-refractivity contribution is -0.247. The number of rotatable bonds is 6. The number of hydrogen-bond acceptors (Lipinski definition) is 3. The van der Waals surface area contributed by atoms with E-state index in [1.54, 1.807) is 24.3 Å². The summed E-state index contributed by atoms with van der Waals surface area (Å²) >= 11 is 2.11. The van der Waals surface area contributed by atoms with Crippen LogP contribution in [0.15, 0.2) is 24.3 Å². The Morgan fingerprint density at radius 1 is 1.29 bits per heavy atom. The average molecular weight is 358 g/mol. The largest absolute Gasteiger partial charge is 0.491 e. The molecule has 1 aromatic rings. The molecule has 0 atom stereocenters. The molecule has 4 nitrogen and oxygen atoms in total. The quantitative estimate of drug-likeness (QED) is 0.627. The first kappa shape index (κ1) is 14.1. The van der Waals surface area contributed by atoms with E-state index in [2.05, 4.69) is 27.3 Å². The van der Waals surface area contributed by atoms with Crippen LogP contribution in [0, 0.1) is 3.57 Å². The predicted octanol–water partition coefficient (Wildman–Crippen LogP) is 2.36. The second-order valence-electron chi connectivity index (χ2n) is 2.97. The first-order valence-electron chi connectivity index (χ1n) is 4.55. The standard InChI is InChI=1S/C10H9F2IO4/c11-10(12,9(14)15)17-6-5-16-8-3-1-7(13)2-4-8/h1-4H,5-6H2,(H,14,15). The number of carboxylic acid groups (broad SMARTS) is 1. The van der Waals surface area contributed by atoms with Gasteiger partial charge in [0.1, 0.15) is 12.4 Å². The molecule has 0 fully saturated rings. The Morgan fingerprint density at radius 2 is 1.88 bits per heavy atom. The molecular weight excluding hydrogens is 349 g/mol. The van der Waals surface area contributed by atoms with Crippen molar-refractivity contribution in [3.8, 4) is 5.75 Å². The Bertz CT molecular complexity index is 380. The molecule has 17 heavy (non-hydrogen) atoms. The topological polar surface area (TPSA) is 55.8 Å². The first-order valence-corrected chi connectivity index (χ1v) is 5.63. The minimum atomic E-state index is -4.17. The van der Waals surface area contributed by atoms with E-state index < -0.39 is 18.7 Å². The number of halogens is 3. The van der Waals surface area contributed by atoms with Gasteiger partial charge in [0.15, 0.2) is 0 Å². The minimum absolute atomic E-state index is 0.149. The Kier molecular flexibility index (Phi) is 5.06. The maximum absolute atomic E-state index is 12.4. The molecule has 94 valence electrons. The zero-order valence-electron chi connectivity index (χ0n) is 8.53. The number of benzene rings is 1. The smallest absolute Gasteiger partial charge is 0.456 e. The van der Waals surface area contributed by atoms with Crippen LogP contribution in [0.5, 0.6) is 5.75 Å². The summed E-state index contributed by atoms with van der Waals surface area (Å²) in [4.78, 5) is 10.0. The van der Waals surface area contributed by atoms with Gasteiger partial charge in [0.05, 0.1) is 6.61 Å². The van der Waals surface area contributed by atoms with E-state index in [9.17, 15) is 13.6 Å². The van der Waals surface area contributed by atoms with Gasteiger partial charge in [-0.3, -0.25) is 0 Å². The SMILES string of the molecule is O=C(O)C(F)(F)OCCOc1ccc(I)cc1. The van der Waals surface area contributed by atoms with Crippen LogP contribution >= 0.6 is 22.6 Å². The van der Waals surface area contributed by atoms with Crippen LogP contribution in [0.4, 0.5) is 8.78 Å². The fourth-order valence-corrected chi connectivity index (χ4v) is 1.28. The molecule has 0 bridgehead atoms. The van der Waals surface area contributed by atoms with Crippen LogP contribution in [0.25, 0.3) is 0 Å². The third-order valence-electron chi connectivity index (χ3n) is 1.70. The summed E-state index contributed by atoms with van der Waals surface area (Å²) < 4.78 is 34.9. The molecule has 0 radical (unpaired) electrons. The minimum Gasteiger partial charge on any atom is -0.491 e. The Morgan fingerprint density at radius 3 is 2.41 bits per heavy atom. The summed E-state index contributed by atoms with van der Waals surface area (Å²) in [5.74, 6) is -1.81. The number of ether oxygens (including phenoxy) is 2. The van der Waals surface area contributed by atoms with Gasteiger partial charge >= 0.3 is 12.1 Å². The summed E-state index contributed by atoms with van der Waals surface area (Å²) in [6.45, 7) is -0.658. The molecule has 0 unspecified atom stereocenters. The number of aliphatic carboxylic acids is 1. The number of carboxylic acids is 1. The van der Waals surface area contributed by atoms with Gasteiger partial charge in [-0.25, -0.2) is 4.79 Å². The van der Waals surface area contributed by atoms with Gasteiger partial charge in [-0.2, -0.15) is 8.78 Å².